The van der Waals surface area contributed by atoms with Crippen molar-refractivity contribution in [1.29, 1.82) is 0 Å². The number of aryl methyl sites for hydroxylation is 1. The van der Waals surface area contributed by atoms with E-state index in [0.717, 1.165) is 25.9 Å². The molecule has 0 aliphatic heterocycles. The molecular weight excluding hydrogens is 322 g/mol. The Hall–Kier alpha value is -2.41. The minimum atomic E-state index is -0.333. The molecule has 1 aromatic heterocycles. The van der Waals surface area contributed by atoms with Crippen molar-refractivity contribution in [2.45, 2.75) is 39.2 Å². The maximum atomic E-state index is 12.3. The predicted octanol–water partition coefficient (Wildman–Crippen LogP) is 1.40. The van der Waals surface area contributed by atoms with Crippen LogP contribution in [0.4, 0.5) is 0 Å². The molecule has 0 unspecified atom stereocenters. The van der Waals surface area contributed by atoms with Gasteiger partial charge >= 0.3 is 0 Å². The highest BCUT2D eigenvalue weighted by Gasteiger charge is 2.08. The summed E-state index contributed by atoms with van der Waals surface area (Å²) < 4.78 is 6.61. The number of aromatic nitrogens is 2. The highest BCUT2D eigenvalue weighted by molar-refractivity contribution is 5.80. The number of hydrogen-bond donors (Lipinski definition) is 2. The summed E-state index contributed by atoms with van der Waals surface area (Å²) in [5, 5.41) is 6.02. The first-order valence-electron chi connectivity index (χ1n) is 8.69. The number of ether oxygens (including phenoxy) is 1. The fourth-order valence-electron chi connectivity index (χ4n) is 2.46. The molecule has 2 rings (SSSR count). The zero-order valence-corrected chi connectivity index (χ0v) is 14.5. The molecule has 136 valence electrons. The fourth-order valence-corrected chi connectivity index (χ4v) is 2.46. The Bertz CT molecular complexity index is 810. The van der Waals surface area contributed by atoms with E-state index in [1.54, 1.807) is 24.3 Å². The molecule has 2 N–H and O–H groups in total. The number of aromatic amines is 1. The van der Waals surface area contributed by atoms with E-state index in [2.05, 4.69) is 17.3 Å². The number of H-pyrrole nitrogens is 1. The van der Waals surface area contributed by atoms with Gasteiger partial charge in [-0.15, -0.1) is 0 Å². The molecule has 0 fully saturated rings. The number of hydrogen-bond acceptors (Lipinski definition) is 4. The number of unbranched alkanes of at least 4 members (excludes halogenated alkanes) is 1. The predicted molar refractivity (Wildman–Crippen MR) is 96.8 cm³/mol. The molecule has 0 aliphatic rings. The molecule has 25 heavy (non-hydrogen) atoms. The van der Waals surface area contributed by atoms with E-state index in [4.69, 9.17) is 4.74 Å². The van der Waals surface area contributed by atoms with Gasteiger partial charge in [0.05, 0.1) is 17.3 Å². The minimum absolute atomic E-state index is 0.130. The number of benzene rings is 1. The van der Waals surface area contributed by atoms with Crippen LogP contribution in [-0.2, 0) is 16.1 Å². The Morgan fingerprint density at radius 3 is 2.64 bits per heavy atom. The maximum Gasteiger partial charge on any atom is 0.273 e. The Balaban J connectivity index is 1.80. The molecular formula is C18H25N3O4. The van der Waals surface area contributed by atoms with Gasteiger partial charge in [0.2, 0.25) is 5.91 Å². The van der Waals surface area contributed by atoms with Crippen LogP contribution in [0.2, 0.25) is 0 Å². The van der Waals surface area contributed by atoms with E-state index in [-0.39, 0.29) is 30.0 Å². The molecule has 1 amide bonds. The molecule has 0 bridgehead atoms. The molecule has 0 saturated carbocycles. The zero-order valence-electron chi connectivity index (χ0n) is 14.5. The lowest BCUT2D eigenvalue weighted by molar-refractivity contribution is -0.121. The fraction of sp³-hybridized carbons (Fsp3) is 0.500. The highest BCUT2D eigenvalue weighted by Crippen LogP contribution is 2.02. The summed E-state index contributed by atoms with van der Waals surface area (Å²) in [6, 6.07) is 6.64. The van der Waals surface area contributed by atoms with Crippen LogP contribution in [-0.4, -0.2) is 35.4 Å². The molecule has 0 spiro atoms. The lowest BCUT2D eigenvalue weighted by Crippen LogP contribution is -2.32. The molecule has 2 aromatic rings. The molecule has 0 radical (unpaired) electrons. The van der Waals surface area contributed by atoms with Crippen molar-refractivity contribution in [3.8, 4) is 0 Å². The number of nitrogens with one attached hydrogen (secondary N) is 2. The third-order valence-corrected chi connectivity index (χ3v) is 3.88. The van der Waals surface area contributed by atoms with Crippen LogP contribution in [0.15, 0.2) is 33.9 Å². The van der Waals surface area contributed by atoms with Crippen LogP contribution in [0.1, 0.15) is 32.6 Å². The van der Waals surface area contributed by atoms with Gasteiger partial charge in [-0.25, -0.2) is 4.68 Å². The van der Waals surface area contributed by atoms with E-state index >= 15 is 0 Å². The second-order valence-electron chi connectivity index (χ2n) is 5.86. The van der Waals surface area contributed by atoms with Gasteiger partial charge in [0.25, 0.3) is 11.1 Å². The lowest BCUT2D eigenvalue weighted by atomic mass is 10.2. The van der Waals surface area contributed by atoms with Crippen LogP contribution in [0.25, 0.3) is 10.8 Å². The Morgan fingerprint density at radius 1 is 1.16 bits per heavy atom. The number of carbonyl (C=O) groups excluding carboxylic acids is 1. The van der Waals surface area contributed by atoms with Crippen molar-refractivity contribution in [2.75, 3.05) is 19.8 Å². The molecule has 1 aromatic carbocycles. The van der Waals surface area contributed by atoms with Crippen molar-refractivity contribution in [1.82, 2.24) is 15.1 Å². The van der Waals surface area contributed by atoms with E-state index in [1.165, 1.54) is 4.68 Å². The average Bonchev–Trinajstić information content (AvgIpc) is 2.63. The monoisotopic (exact) mass is 347 g/mol. The van der Waals surface area contributed by atoms with Gasteiger partial charge in [0.1, 0.15) is 0 Å². The number of fused-ring (bicyclic) bond motifs is 1. The second kappa shape index (κ2) is 9.78. The quantitative estimate of drug-likeness (QED) is 0.636. The Kier molecular flexibility index (Phi) is 7.40. The summed E-state index contributed by atoms with van der Waals surface area (Å²) >= 11 is 0. The molecule has 7 heteroatoms. The Morgan fingerprint density at radius 2 is 1.88 bits per heavy atom. The van der Waals surface area contributed by atoms with Crippen molar-refractivity contribution in [3.63, 3.8) is 0 Å². The van der Waals surface area contributed by atoms with Gasteiger partial charge in [-0.1, -0.05) is 25.5 Å². The van der Waals surface area contributed by atoms with Crippen LogP contribution in [0.3, 0.4) is 0 Å². The molecule has 0 aliphatic carbocycles. The molecule has 7 nitrogen and oxygen atoms in total. The first-order chi connectivity index (χ1) is 12.1. The van der Waals surface area contributed by atoms with Gasteiger partial charge in [-0.05, 0) is 25.0 Å². The Labute approximate surface area is 146 Å². The van der Waals surface area contributed by atoms with Gasteiger partial charge in [0.15, 0.2) is 0 Å². The van der Waals surface area contributed by atoms with E-state index in [1.807, 2.05) is 0 Å². The number of rotatable bonds is 10. The third kappa shape index (κ3) is 5.56. The largest absolute Gasteiger partial charge is 0.381 e. The van der Waals surface area contributed by atoms with Gasteiger partial charge < -0.3 is 10.1 Å². The van der Waals surface area contributed by atoms with Gasteiger partial charge in [0, 0.05) is 26.2 Å². The van der Waals surface area contributed by atoms with Crippen molar-refractivity contribution in [2.24, 2.45) is 0 Å². The van der Waals surface area contributed by atoms with Crippen molar-refractivity contribution < 1.29 is 9.53 Å². The summed E-state index contributed by atoms with van der Waals surface area (Å²) in [7, 11) is 0. The normalized spacial score (nSPS) is 10.9. The summed E-state index contributed by atoms with van der Waals surface area (Å²) in [6.07, 6.45) is 3.03. The number of nitrogens with zero attached hydrogens (tertiary/aromatic N) is 1. The van der Waals surface area contributed by atoms with Gasteiger partial charge in [-0.2, -0.15) is 0 Å². The minimum Gasteiger partial charge on any atom is -0.381 e. The summed E-state index contributed by atoms with van der Waals surface area (Å²) in [5.74, 6) is -0.158. The zero-order chi connectivity index (χ0) is 18.1. The van der Waals surface area contributed by atoms with Crippen molar-refractivity contribution in [3.05, 3.63) is 45.0 Å². The molecule has 0 atom stereocenters. The van der Waals surface area contributed by atoms with Crippen LogP contribution in [0.5, 0.6) is 0 Å². The van der Waals surface area contributed by atoms with Gasteiger partial charge in [-0.3, -0.25) is 19.5 Å². The highest BCUT2D eigenvalue weighted by atomic mass is 16.5. The third-order valence-electron chi connectivity index (χ3n) is 3.88. The summed E-state index contributed by atoms with van der Waals surface area (Å²) in [6.45, 7) is 4.16. The average molecular weight is 347 g/mol. The topological polar surface area (TPSA) is 93.2 Å². The van der Waals surface area contributed by atoms with Crippen LogP contribution >= 0.6 is 0 Å². The molecule has 1 heterocycles. The maximum absolute atomic E-state index is 12.3. The SMILES string of the molecule is CCCCOCCCNC(=O)CCn1[nH]c(=O)c2ccccc2c1=O. The first-order valence-corrected chi connectivity index (χ1v) is 8.69. The number of amides is 1. The molecule has 0 saturated heterocycles. The lowest BCUT2D eigenvalue weighted by Gasteiger charge is -2.08. The van der Waals surface area contributed by atoms with Crippen molar-refractivity contribution >= 4 is 16.7 Å². The summed E-state index contributed by atoms with van der Waals surface area (Å²) in [4.78, 5) is 36.2. The van der Waals surface area contributed by atoms with E-state index < -0.39 is 0 Å². The number of carbonyl (C=O) groups is 1. The van der Waals surface area contributed by atoms with E-state index in [0.29, 0.717) is 23.9 Å². The standard InChI is InChI=1S/C18H25N3O4/c1-2-3-12-25-13-6-10-19-16(22)9-11-21-18(24)15-8-5-4-7-14(15)17(23)20-21/h4-5,7-8H,2-3,6,9-13H2,1H3,(H,19,22)(H,20,23). The second-order valence-corrected chi connectivity index (χ2v) is 5.86. The first kappa shape index (κ1) is 18.9. The van der Waals surface area contributed by atoms with Crippen LogP contribution < -0.4 is 16.4 Å². The van der Waals surface area contributed by atoms with Crippen LogP contribution in [0, 0.1) is 0 Å². The smallest absolute Gasteiger partial charge is 0.273 e. The summed E-state index contributed by atoms with van der Waals surface area (Å²) in [5.41, 5.74) is -0.632. The van der Waals surface area contributed by atoms with E-state index in [9.17, 15) is 14.4 Å².